The third-order valence-corrected chi connectivity index (χ3v) is 4.39. The van der Waals surface area contributed by atoms with Gasteiger partial charge in [0.15, 0.2) is 0 Å². The van der Waals surface area contributed by atoms with E-state index in [1.54, 1.807) is 48.5 Å². The zero-order valence-electron chi connectivity index (χ0n) is 13.3. The van der Waals surface area contributed by atoms with Crippen LogP contribution in [0.5, 0.6) is 0 Å². The molecular weight excluding hydrogens is 359 g/mol. The number of halogens is 2. The number of benzene rings is 2. The van der Waals surface area contributed by atoms with Gasteiger partial charge in [-0.05, 0) is 55.3 Å². The maximum atomic E-state index is 12.0. The normalized spacial score (nSPS) is 13.7. The Morgan fingerprint density at radius 1 is 1.00 bits per heavy atom. The molecule has 4 nitrogen and oxygen atoms in total. The third-order valence-electron chi connectivity index (χ3n) is 3.73. The van der Waals surface area contributed by atoms with Gasteiger partial charge in [-0.2, -0.15) is 0 Å². The summed E-state index contributed by atoms with van der Waals surface area (Å²) in [5.41, 5.74) is 1.76. The standard InChI is InChI=1S/C19H16Cl2N2O2/c20-16-2-1-3-17(21)15(16)10-11-18(24)22-13-6-4-12(5-7-13)19(25)23-14-8-9-14/h1-7,10-11,14H,8-9H2,(H,22,24)(H,23,25)/b11-10+. The van der Waals surface area contributed by atoms with Crippen LogP contribution in [0.15, 0.2) is 48.5 Å². The van der Waals surface area contributed by atoms with Crippen molar-refractivity contribution in [3.8, 4) is 0 Å². The molecular formula is C19H16Cl2N2O2. The lowest BCUT2D eigenvalue weighted by atomic mass is 10.2. The molecule has 128 valence electrons. The topological polar surface area (TPSA) is 58.2 Å². The lowest BCUT2D eigenvalue weighted by Crippen LogP contribution is -2.25. The fraction of sp³-hybridized carbons (Fsp3) is 0.158. The van der Waals surface area contributed by atoms with Gasteiger partial charge in [0.2, 0.25) is 5.91 Å². The van der Waals surface area contributed by atoms with Crippen molar-refractivity contribution in [1.82, 2.24) is 5.32 Å². The highest BCUT2D eigenvalue weighted by Gasteiger charge is 2.23. The minimum atomic E-state index is -0.314. The van der Waals surface area contributed by atoms with Gasteiger partial charge in [0.05, 0.1) is 0 Å². The van der Waals surface area contributed by atoms with E-state index in [0.717, 1.165) is 12.8 Å². The van der Waals surface area contributed by atoms with Crippen LogP contribution in [-0.2, 0) is 4.79 Å². The van der Waals surface area contributed by atoms with Crippen molar-refractivity contribution < 1.29 is 9.59 Å². The number of carbonyl (C=O) groups is 2. The highest BCUT2D eigenvalue weighted by atomic mass is 35.5. The van der Waals surface area contributed by atoms with Crippen LogP contribution in [0.2, 0.25) is 10.0 Å². The van der Waals surface area contributed by atoms with Crippen molar-refractivity contribution >= 4 is 46.8 Å². The molecule has 1 fully saturated rings. The predicted molar refractivity (Wildman–Crippen MR) is 101 cm³/mol. The summed E-state index contributed by atoms with van der Waals surface area (Å²) in [4.78, 5) is 23.9. The SMILES string of the molecule is O=C(/C=C/c1c(Cl)cccc1Cl)Nc1ccc(C(=O)NC2CC2)cc1. The lowest BCUT2D eigenvalue weighted by molar-refractivity contribution is -0.111. The average molecular weight is 375 g/mol. The first kappa shape index (κ1) is 17.5. The van der Waals surface area contributed by atoms with Crippen LogP contribution in [0.25, 0.3) is 6.08 Å². The number of carbonyl (C=O) groups excluding carboxylic acids is 2. The molecule has 2 aromatic rings. The number of rotatable bonds is 5. The van der Waals surface area contributed by atoms with Gasteiger partial charge < -0.3 is 10.6 Å². The zero-order chi connectivity index (χ0) is 17.8. The molecule has 0 atom stereocenters. The lowest BCUT2D eigenvalue weighted by Gasteiger charge is -2.06. The van der Waals surface area contributed by atoms with Gasteiger partial charge in [0.25, 0.3) is 5.91 Å². The molecule has 0 spiro atoms. The van der Waals surface area contributed by atoms with E-state index in [9.17, 15) is 9.59 Å². The number of hydrogen-bond acceptors (Lipinski definition) is 2. The molecule has 0 aromatic heterocycles. The highest BCUT2D eigenvalue weighted by molar-refractivity contribution is 6.37. The van der Waals surface area contributed by atoms with Crippen LogP contribution >= 0.6 is 23.2 Å². The second kappa shape index (κ2) is 7.72. The van der Waals surface area contributed by atoms with Gasteiger partial charge in [-0.15, -0.1) is 0 Å². The van der Waals surface area contributed by atoms with Crippen LogP contribution in [0.4, 0.5) is 5.69 Å². The van der Waals surface area contributed by atoms with E-state index < -0.39 is 0 Å². The Morgan fingerprint density at radius 2 is 1.64 bits per heavy atom. The first-order chi connectivity index (χ1) is 12.0. The molecule has 2 amide bonds. The monoisotopic (exact) mass is 374 g/mol. The molecule has 1 aliphatic carbocycles. The summed E-state index contributed by atoms with van der Waals surface area (Å²) in [6.07, 6.45) is 5.02. The van der Waals surface area contributed by atoms with Crippen molar-refractivity contribution in [3.05, 3.63) is 69.7 Å². The van der Waals surface area contributed by atoms with Crippen molar-refractivity contribution in [1.29, 1.82) is 0 Å². The molecule has 1 aliphatic rings. The molecule has 1 saturated carbocycles. The van der Waals surface area contributed by atoms with Crippen LogP contribution in [0.3, 0.4) is 0 Å². The van der Waals surface area contributed by atoms with E-state index in [2.05, 4.69) is 10.6 Å². The van der Waals surface area contributed by atoms with E-state index in [0.29, 0.717) is 32.9 Å². The number of nitrogens with one attached hydrogen (secondary N) is 2. The highest BCUT2D eigenvalue weighted by Crippen LogP contribution is 2.25. The molecule has 0 heterocycles. The maximum Gasteiger partial charge on any atom is 0.251 e. The van der Waals surface area contributed by atoms with Gasteiger partial charge in [0.1, 0.15) is 0 Å². The summed E-state index contributed by atoms with van der Waals surface area (Å²) >= 11 is 12.1. The number of amides is 2. The second-order valence-electron chi connectivity index (χ2n) is 5.78. The zero-order valence-corrected chi connectivity index (χ0v) is 14.8. The molecule has 2 aromatic carbocycles. The van der Waals surface area contributed by atoms with Gasteiger partial charge in [-0.3, -0.25) is 9.59 Å². The minimum absolute atomic E-state index is 0.0892. The van der Waals surface area contributed by atoms with E-state index in [1.807, 2.05) is 0 Å². The smallest absolute Gasteiger partial charge is 0.251 e. The molecule has 0 bridgehead atoms. The minimum Gasteiger partial charge on any atom is -0.349 e. The number of hydrogen-bond donors (Lipinski definition) is 2. The largest absolute Gasteiger partial charge is 0.349 e. The second-order valence-corrected chi connectivity index (χ2v) is 6.60. The Labute approximate surface area is 155 Å². The molecule has 6 heteroatoms. The van der Waals surface area contributed by atoms with Gasteiger partial charge in [-0.1, -0.05) is 29.3 Å². The van der Waals surface area contributed by atoms with Gasteiger partial charge >= 0.3 is 0 Å². The van der Waals surface area contributed by atoms with E-state index in [1.165, 1.54) is 6.08 Å². The Kier molecular flexibility index (Phi) is 5.41. The molecule has 25 heavy (non-hydrogen) atoms. The van der Waals surface area contributed by atoms with Crippen LogP contribution in [-0.4, -0.2) is 17.9 Å². The van der Waals surface area contributed by atoms with Crippen LogP contribution in [0, 0.1) is 0 Å². The quantitative estimate of drug-likeness (QED) is 0.754. The van der Waals surface area contributed by atoms with Crippen LogP contribution < -0.4 is 10.6 Å². The Morgan fingerprint density at radius 3 is 2.24 bits per heavy atom. The summed E-state index contributed by atoms with van der Waals surface area (Å²) < 4.78 is 0. The number of anilines is 1. The van der Waals surface area contributed by atoms with Crippen molar-refractivity contribution in [2.45, 2.75) is 18.9 Å². The maximum absolute atomic E-state index is 12.0. The third kappa shape index (κ3) is 4.84. The van der Waals surface area contributed by atoms with E-state index in [-0.39, 0.29) is 11.8 Å². The molecule has 0 unspecified atom stereocenters. The van der Waals surface area contributed by atoms with E-state index >= 15 is 0 Å². The fourth-order valence-electron chi connectivity index (χ4n) is 2.21. The van der Waals surface area contributed by atoms with Crippen molar-refractivity contribution in [2.75, 3.05) is 5.32 Å². The summed E-state index contributed by atoms with van der Waals surface area (Å²) in [6, 6.07) is 12.2. The van der Waals surface area contributed by atoms with Gasteiger partial charge in [-0.25, -0.2) is 0 Å². The fourth-order valence-corrected chi connectivity index (χ4v) is 2.74. The molecule has 2 N–H and O–H groups in total. The van der Waals surface area contributed by atoms with Gasteiger partial charge in [0, 0.05) is 39.0 Å². The van der Waals surface area contributed by atoms with Crippen molar-refractivity contribution in [3.63, 3.8) is 0 Å². The van der Waals surface area contributed by atoms with Crippen LogP contribution in [0.1, 0.15) is 28.8 Å². The summed E-state index contributed by atoms with van der Waals surface area (Å²) in [5.74, 6) is -0.403. The summed E-state index contributed by atoms with van der Waals surface area (Å²) in [5, 5.41) is 6.59. The van der Waals surface area contributed by atoms with Crippen molar-refractivity contribution in [2.24, 2.45) is 0 Å². The summed E-state index contributed by atoms with van der Waals surface area (Å²) in [6.45, 7) is 0. The molecule has 0 radical (unpaired) electrons. The average Bonchev–Trinajstić information content (AvgIpc) is 3.39. The molecule has 0 saturated heterocycles. The predicted octanol–water partition coefficient (Wildman–Crippen LogP) is 4.54. The Bertz CT molecular complexity index is 808. The molecule has 0 aliphatic heterocycles. The first-order valence-corrected chi connectivity index (χ1v) is 8.62. The summed E-state index contributed by atoms with van der Waals surface area (Å²) in [7, 11) is 0. The molecule has 3 rings (SSSR count). The Hall–Kier alpha value is -2.30. The first-order valence-electron chi connectivity index (χ1n) is 7.87. The Balaban J connectivity index is 1.60. The van der Waals surface area contributed by atoms with E-state index in [4.69, 9.17) is 23.2 Å².